The molecular formula is C25H28N4O3. The van der Waals surface area contributed by atoms with E-state index >= 15 is 0 Å². The number of allylic oxidation sites excluding steroid dienone is 1. The van der Waals surface area contributed by atoms with Crippen LogP contribution in [0, 0.1) is 0 Å². The number of H-pyrrole nitrogens is 1. The van der Waals surface area contributed by atoms with Gasteiger partial charge in [-0.15, -0.1) is 0 Å². The van der Waals surface area contributed by atoms with Gasteiger partial charge in [-0.2, -0.15) is 0 Å². The van der Waals surface area contributed by atoms with Gasteiger partial charge in [0.15, 0.2) is 0 Å². The molecule has 0 bridgehead atoms. The van der Waals surface area contributed by atoms with Crippen molar-refractivity contribution in [3.8, 4) is 0 Å². The summed E-state index contributed by atoms with van der Waals surface area (Å²) in [6.07, 6.45) is 2.36. The summed E-state index contributed by atoms with van der Waals surface area (Å²) in [6, 6.07) is 17.1. The fourth-order valence-corrected chi connectivity index (χ4v) is 3.85. The van der Waals surface area contributed by atoms with Crippen LogP contribution < -0.4 is 10.6 Å². The van der Waals surface area contributed by atoms with Crippen LogP contribution in [0.4, 0.5) is 0 Å². The number of rotatable bonds is 8. The molecule has 0 saturated heterocycles. The normalized spacial score (nSPS) is 14.7. The minimum atomic E-state index is -0.332. The predicted molar refractivity (Wildman–Crippen MR) is 123 cm³/mol. The van der Waals surface area contributed by atoms with Crippen LogP contribution in [-0.2, 0) is 20.7 Å². The number of imidazole rings is 1. The molecule has 2 amide bonds. The monoisotopic (exact) mass is 432 g/mol. The maximum Gasteiger partial charge on any atom is 0.251 e. The lowest BCUT2D eigenvalue weighted by atomic mass is 10.0. The number of aromatic amines is 1. The summed E-state index contributed by atoms with van der Waals surface area (Å²) < 4.78 is 5.53. The van der Waals surface area contributed by atoms with Crippen LogP contribution in [0.2, 0.25) is 0 Å². The molecule has 0 spiro atoms. The van der Waals surface area contributed by atoms with Gasteiger partial charge in [0.05, 0.1) is 29.3 Å². The molecule has 1 unspecified atom stereocenters. The van der Waals surface area contributed by atoms with Gasteiger partial charge in [-0.25, -0.2) is 4.98 Å². The van der Waals surface area contributed by atoms with Gasteiger partial charge in [-0.1, -0.05) is 42.5 Å². The molecular weight excluding hydrogens is 404 g/mol. The maximum absolute atomic E-state index is 12.9. The topological polar surface area (TPSA) is 96.1 Å². The highest BCUT2D eigenvalue weighted by atomic mass is 16.5. The molecule has 7 nitrogen and oxygen atoms in total. The van der Waals surface area contributed by atoms with Gasteiger partial charge in [0, 0.05) is 19.4 Å². The van der Waals surface area contributed by atoms with Crippen molar-refractivity contribution in [2.45, 2.75) is 38.6 Å². The number of hydrogen-bond donors (Lipinski definition) is 3. The third-order valence-electron chi connectivity index (χ3n) is 5.63. The van der Waals surface area contributed by atoms with Gasteiger partial charge in [-0.3, -0.25) is 9.59 Å². The van der Waals surface area contributed by atoms with E-state index in [1.807, 2.05) is 61.5 Å². The number of aryl methyl sites for hydroxylation is 1. The van der Waals surface area contributed by atoms with E-state index in [2.05, 4.69) is 20.6 Å². The summed E-state index contributed by atoms with van der Waals surface area (Å²) in [5.41, 5.74) is 3.47. The summed E-state index contributed by atoms with van der Waals surface area (Å²) in [5.74, 6) is 1.23. The molecule has 4 rings (SSSR count). The Kier molecular flexibility index (Phi) is 6.84. The van der Waals surface area contributed by atoms with E-state index in [9.17, 15) is 9.59 Å². The zero-order chi connectivity index (χ0) is 22.3. The number of carbonyl (C=O) groups excluding carboxylic acids is 2. The SMILES string of the molecule is CC1=C(C(=O)NC(CNC(=O)CCc2nc3ccccc3[nH]2)c2ccccc2)CCCO1. The summed E-state index contributed by atoms with van der Waals surface area (Å²) in [4.78, 5) is 33.1. The lowest BCUT2D eigenvalue weighted by molar-refractivity contribution is -0.122. The number of nitrogens with one attached hydrogen (secondary N) is 3. The average Bonchev–Trinajstić information content (AvgIpc) is 3.24. The van der Waals surface area contributed by atoms with E-state index in [4.69, 9.17) is 4.74 Å². The zero-order valence-electron chi connectivity index (χ0n) is 18.2. The third kappa shape index (κ3) is 5.35. The van der Waals surface area contributed by atoms with E-state index in [0.29, 0.717) is 43.7 Å². The lowest BCUT2D eigenvalue weighted by Crippen LogP contribution is -2.39. The first kappa shape index (κ1) is 21.6. The smallest absolute Gasteiger partial charge is 0.251 e. The second-order valence-corrected chi connectivity index (χ2v) is 7.93. The number of fused-ring (bicyclic) bond motifs is 1. The Morgan fingerprint density at radius 2 is 1.91 bits per heavy atom. The molecule has 0 fully saturated rings. The van der Waals surface area contributed by atoms with Crippen LogP contribution in [0.25, 0.3) is 11.0 Å². The van der Waals surface area contributed by atoms with Crippen LogP contribution in [-0.4, -0.2) is 34.9 Å². The number of hydrogen-bond acceptors (Lipinski definition) is 4. The largest absolute Gasteiger partial charge is 0.498 e. The van der Waals surface area contributed by atoms with Crippen molar-refractivity contribution in [2.24, 2.45) is 0 Å². The van der Waals surface area contributed by atoms with Crippen molar-refractivity contribution in [3.63, 3.8) is 0 Å². The molecule has 0 saturated carbocycles. The van der Waals surface area contributed by atoms with Gasteiger partial charge < -0.3 is 20.4 Å². The first-order valence-corrected chi connectivity index (χ1v) is 11.0. The van der Waals surface area contributed by atoms with Crippen LogP contribution in [0.15, 0.2) is 65.9 Å². The molecule has 2 aromatic carbocycles. The van der Waals surface area contributed by atoms with E-state index in [1.165, 1.54) is 0 Å². The number of carbonyl (C=O) groups is 2. The van der Waals surface area contributed by atoms with Gasteiger partial charge in [0.2, 0.25) is 5.91 Å². The lowest BCUT2D eigenvalue weighted by Gasteiger charge is -2.23. The Morgan fingerprint density at radius 1 is 1.12 bits per heavy atom. The van der Waals surface area contributed by atoms with Crippen molar-refractivity contribution in [1.82, 2.24) is 20.6 Å². The Balaban J connectivity index is 1.36. The highest BCUT2D eigenvalue weighted by Crippen LogP contribution is 2.21. The molecule has 2 heterocycles. The minimum Gasteiger partial charge on any atom is -0.498 e. The fourth-order valence-electron chi connectivity index (χ4n) is 3.85. The summed E-state index contributed by atoms with van der Waals surface area (Å²) >= 11 is 0. The molecule has 0 radical (unpaired) electrons. The molecule has 32 heavy (non-hydrogen) atoms. The van der Waals surface area contributed by atoms with Crippen LogP contribution >= 0.6 is 0 Å². The van der Waals surface area contributed by atoms with E-state index in [-0.39, 0.29) is 17.9 Å². The number of nitrogens with zero attached hydrogens (tertiary/aromatic N) is 1. The van der Waals surface area contributed by atoms with E-state index < -0.39 is 0 Å². The molecule has 3 aromatic rings. The molecule has 1 aliphatic heterocycles. The zero-order valence-corrected chi connectivity index (χ0v) is 18.2. The standard InChI is InChI=1S/C25H28N4O3/c1-17-19(10-7-15-32-17)25(31)29-22(18-8-3-2-4-9-18)16-26-24(30)14-13-23-27-20-11-5-6-12-21(20)28-23/h2-6,8-9,11-12,22H,7,10,13-16H2,1H3,(H,26,30)(H,27,28)(H,29,31). The molecule has 7 heteroatoms. The summed E-state index contributed by atoms with van der Waals surface area (Å²) in [7, 11) is 0. The Labute approximate surface area is 187 Å². The first-order chi connectivity index (χ1) is 15.6. The van der Waals surface area contributed by atoms with Crippen molar-refractivity contribution < 1.29 is 14.3 Å². The number of ether oxygens (including phenoxy) is 1. The molecule has 1 aromatic heterocycles. The quantitative estimate of drug-likeness (QED) is 0.507. The van der Waals surface area contributed by atoms with Crippen molar-refractivity contribution in [3.05, 3.63) is 77.3 Å². The van der Waals surface area contributed by atoms with Gasteiger partial charge in [-0.05, 0) is 37.5 Å². The first-order valence-electron chi connectivity index (χ1n) is 11.0. The highest BCUT2D eigenvalue weighted by molar-refractivity contribution is 5.94. The average molecular weight is 433 g/mol. The maximum atomic E-state index is 12.9. The second kappa shape index (κ2) is 10.1. The molecule has 1 atom stereocenters. The second-order valence-electron chi connectivity index (χ2n) is 7.93. The van der Waals surface area contributed by atoms with Gasteiger partial charge in [0.1, 0.15) is 11.6 Å². The molecule has 0 aliphatic carbocycles. The predicted octanol–water partition coefficient (Wildman–Crippen LogP) is 3.55. The van der Waals surface area contributed by atoms with Gasteiger partial charge >= 0.3 is 0 Å². The summed E-state index contributed by atoms with van der Waals surface area (Å²) in [5, 5.41) is 6.03. The van der Waals surface area contributed by atoms with E-state index in [1.54, 1.807) is 0 Å². The fraction of sp³-hybridized carbons (Fsp3) is 0.320. The third-order valence-corrected chi connectivity index (χ3v) is 5.63. The van der Waals surface area contributed by atoms with Crippen molar-refractivity contribution in [1.29, 1.82) is 0 Å². The Bertz CT molecular complexity index is 1090. The van der Waals surface area contributed by atoms with Gasteiger partial charge in [0.25, 0.3) is 5.91 Å². The van der Waals surface area contributed by atoms with Crippen LogP contribution in [0.1, 0.15) is 43.6 Å². The Hall–Kier alpha value is -3.61. The van der Waals surface area contributed by atoms with Crippen LogP contribution in [0.5, 0.6) is 0 Å². The number of aromatic nitrogens is 2. The Morgan fingerprint density at radius 3 is 2.69 bits per heavy atom. The van der Waals surface area contributed by atoms with E-state index in [0.717, 1.165) is 28.8 Å². The number of benzene rings is 2. The summed E-state index contributed by atoms with van der Waals surface area (Å²) in [6.45, 7) is 2.78. The number of para-hydroxylation sites is 2. The minimum absolute atomic E-state index is 0.0861. The van der Waals surface area contributed by atoms with Crippen molar-refractivity contribution >= 4 is 22.8 Å². The molecule has 3 N–H and O–H groups in total. The number of amides is 2. The highest BCUT2D eigenvalue weighted by Gasteiger charge is 2.22. The molecule has 166 valence electrons. The van der Waals surface area contributed by atoms with Crippen molar-refractivity contribution in [2.75, 3.05) is 13.2 Å². The van der Waals surface area contributed by atoms with Crippen LogP contribution in [0.3, 0.4) is 0 Å². The molecule has 1 aliphatic rings.